The molecule has 2 atom stereocenters. The fourth-order valence-electron chi connectivity index (χ4n) is 0.165. The van der Waals surface area contributed by atoms with Gasteiger partial charge in [-0.3, -0.25) is 4.79 Å². The summed E-state index contributed by atoms with van der Waals surface area (Å²) >= 11 is 0. The van der Waals surface area contributed by atoms with Crippen LogP contribution in [0.15, 0.2) is 0 Å². The van der Waals surface area contributed by atoms with Gasteiger partial charge in [-0.1, -0.05) is 0 Å². The van der Waals surface area contributed by atoms with Crippen molar-refractivity contribution in [1.82, 2.24) is 0 Å². The van der Waals surface area contributed by atoms with E-state index in [0.717, 1.165) is 0 Å². The van der Waals surface area contributed by atoms with Gasteiger partial charge in [0, 0.05) is 1.37 Å². The zero-order valence-electron chi connectivity index (χ0n) is 5.24. The number of carboxylic acids is 1. The first kappa shape index (κ1) is 5.53. The minimum Gasteiger partial charge on any atom is -0.480 e. The SMILES string of the molecule is [3H]C[C@@H](O)[C@H](N)C(=O)O. The Balaban J connectivity index is 3.72. The number of carboxylic acid groups (broad SMARTS) is 1. The van der Waals surface area contributed by atoms with Gasteiger partial charge in [0.25, 0.3) is 0 Å². The first-order valence-corrected chi connectivity index (χ1v) is 2.05. The molecule has 0 aromatic rings. The molecule has 4 nitrogen and oxygen atoms in total. The first-order valence-electron chi connectivity index (χ1n) is 2.76. The van der Waals surface area contributed by atoms with E-state index < -0.39 is 18.1 Å². The molecule has 0 aromatic carbocycles. The smallest absolute Gasteiger partial charge is 0.323 e. The van der Waals surface area contributed by atoms with Crippen LogP contribution in [0, 0.1) is 0 Å². The number of aliphatic hydroxyl groups is 1. The van der Waals surface area contributed by atoms with Crippen molar-refractivity contribution in [1.29, 1.82) is 0 Å². The predicted molar refractivity (Wildman–Crippen MR) is 27.3 cm³/mol. The summed E-state index contributed by atoms with van der Waals surface area (Å²) in [5, 5.41) is 16.7. The molecule has 0 aliphatic rings. The van der Waals surface area contributed by atoms with Crippen LogP contribution < -0.4 is 5.73 Å². The third-order valence-corrected chi connectivity index (χ3v) is 0.700. The molecule has 0 radical (unpaired) electrons. The lowest BCUT2D eigenvalue weighted by atomic mass is 10.2. The Morgan fingerprint density at radius 2 is 2.50 bits per heavy atom. The van der Waals surface area contributed by atoms with Crippen LogP contribution in [0.3, 0.4) is 0 Å². The highest BCUT2D eigenvalue weighted by Crippen LogP contribution is 1.85. The van der Waals surface area contributed by atoms with Gasteiger partial charge in [-0.05, 0) is 6.90 Å². The highest BCUT2D eigenvalue weighted by atomic mass is 16.4. The summed E-state index contributed by atoms with van der Waals surface area (Å²) in [6.07, 6.45) is -1.26. The molecular weight excluding hydrogens is 110 g/mol. The van der Waals surface area contributed by atoms with Gasteiger partial charge in [0.15, 0.2) is 0 Å². The largest absolute Gasteiger partial charge is 0.480 e. The normalized spacial score (nSPS) is 19.0. The number of hydrogen-bond acceptors (Lipinski definition) is 3. The topological polar surface area (TPSA) is 83.5 Å². The van der Waals surface area contributed by atoms with Crippen molar-refractivity contribution in [2.75, 3.05) is 0 Å². The maximum Gasteiger partial charge on any atom is 0.323 e. The minimum absolute atomic E-state index is 0.381. The molecule has 48 valence electrons. The Labute approximate surface area is 48.3 Å². The third-order valence-electron chi connectivity index (χ3n) is 0.700. The molecule has 4 heteroatoms. The van der Waals surface area contributed by atoms with Crippen LogP contribution in [-0.4, -0.2) is 28.3 Å². The van der Waals surface area contributed by atoms with Gasteiger partial charge in [-0.25, -0.2) is 0 Å². The molecule has 4 N–H and O–H groups in total. The van der Waals surface area contributed by atoms with Gasteiger partial charge >= 0.3 is 5.97 Å². The van der Waals surface area contributed by atoms with Crippen LogP contribution in [0.5, 0.6) is 0 Å². The molecule has 0 amide bonds. The molecule has 0 heterocycles. The molecular formula is C4H9NO3. The minimum atomic E-state index is -1.33. The van der Waals surface area contributed by atoms with E-state index >= 15 is 0 Å². The van der Waals surface area contributed by atoms with Crippen LogP contribution in [0.4, 0.5) is 0 Å². The van der Waals surface area contributed by atoms with Gasteiger partial charge in [-0.2, -0.15) is 0 Å². The Kier molecular flexibility index (Phi) is 1.82. The summed E-state index contributed by atoms with van der Waals surface area (Å²) in [5.74, 6) is -1.28. The summed E-state index contributed by atoms with van der Waals surface area (Å²) in [4.78, 5) is 9.93. The van der Waals surface area contributed by atoms with Gasteiger partial charge in [-0.15, -0.1) is 0 Å². The average Bonchev–Trinajstić information content (AvgIpc) is 1.84. The molecule has 0 aromatic heterocycles. The van der Waals surface area contributed by atoms with Crippen LogP contribution >= 0.6 is 0 Å². The van der Waals surface area contributed by atoms with Gasteiger partial charge in [0.05, 0.1) is 6.10 Å². The summed E-state index contributed by atoms with van der Waals surface area (Å²) in [5.41, 5.74) is 4.90. The van der Waals surface area contributed by atoms with E-state index in [1.165, 1.54) is 0 Å². The Morgan fingerprint density at radius 1 is 2.00 bits per heavy atom. The molecule has 0 spiro atoms. The molecule has 0 rings (SSSR count). The fraction of sp³-hybridized carbons (Fsp3) is 0.750. The molecule has 8 heavy (non-hydrogen) atoms. The highest BCUT2D eigenvalue weighted by Gasteiger charge is 2.16. The lowest BCUT2D eigenvalue weighted by Gasteiger charge is -2.06. The van der Waals surface area contributed by atoms with E-state index in [1.807, 2.05) is 0 Å². The number of aliphatic carboxylic acids is 1. The third kappa shape index (κ3) is 1.90. The van der Waals surface area contributed by atoms with Crippen LogP contribution in [0.1, 0.15) is 8.27 Å². The molecule has 0 saturated heterocycles. The van der Waals surface area contributed by atoms with Gasteiger partial charge in [0.1, 0.15) is 6.04 Å². The van der Waals surface area contributed by atoms with Crippen molar-refractivity contribution >= 4 is 5.97 Å². The molecule has 0 unspecified atom stereocenters. The molecule has 0 aliphatic carbocycles. The zero-order valence-corrected chi connectivity index (χ0v) is 4.24. The van der Waals surface area contributed by atoms with Crippen LogP contribution in [0.25, 0.3) is 0 Å². The molecule has 0 saturated carbocycles. The number of carbonyl (C=O) groups is 1. The van der Waals surface area contributed by atoms with E-state index in [0.29, 0.717) is 0 Å². The Hall–Kier alpha value is -0.610. The van der Waals surface area contributed by atoms with E-state index in [4.69, 9.17) is 17.3 Å². The average molecular weight is 121 g/mol. The summed E-state index contributed by atoms with van der Waals surface area (Å²) in [6.45, 7) is -0.381. The number of nitrogens with two attached hydrogens (primary N) is 1. The quantitative estimate of drug-likeness (QED) is 0.427. The van der Waals surface area contributed by atoms with Crippen LogP contribution in [-0.2, 0) is 4.79 Å². The van der Waals surface area contributed by atoms with Crippen molar-refractivity contribution < 1.29 is 16.4 Å². The Bertz CT molecular complexity index is 108. The summed E-state index contributed by atoms with van der Waals surface area (Å²) < 4.78 is 6.54. The standard InChI is InChI=1S/C4H9NO3/c1-2(6)3(5)4(7)8/h2-3,6H,5H2,1H3,(H,7,8)/t2-,3+/m1/s1/i1T. The van der Waals surface area contributed by atoms with Crippen LogP contribution in [0.2, 0.25) is 0 Å². The van der Waals surface area contributed by atoms with Crippen molar-refractivity contribution in [3.05, 3.63) is 0 Å². The van der Waals surface area contributed by atoms with Crippen molar-refractivity contribution in [3.8, 4) is 0 Å². The van der Waals surface area contributed by atoms with Crippen molar-refractivity contribution in [2.24, 2.45) is 5.73 Å². The van der Waals surface area contributed by atoms with E-state index in [9.17, 15) is 4.79 Å². The van der Waals surface area contributed by atoms with E-state index in [2.05, 4.69) is 0 Å². The van der Waals surface area contributed by atoms with E-state index in [-0.39, 0.29) is 6.90 Å². The van der Waals surface area contributed by atoms with Crippen molar-refractivity contribution in [3.63, 3.8) is 0 Å². The molecule has 0 fully saturated rings. The number of hydrogen-bond donors (Lipinski definition) is 3. The lowest BCUT2D eigenvalue weighted by molar-refractivity contribution is -0.140. The maximum absolute atomic E-state index is 9.93. The van der Waals surface area contributed by atoms with Gasteiger partial charge in [0.2, 0.25) is 0 Å². The molecule has 0 aliphatic heterocycles. The number of rotatable bonds is 2. The Morgan fingerprint density at radius 3 is 2.62 bits per heavy atom. The highest BCUT2D eigenvalue weighted by molar-refractivity contribution is 5.73. The predicted octanol–water partition coefficient (Wildman–Crippen LogP) is -1.22. The second kappa shape index (κ2) is 2.64. The summed E-state index contributed by atoms with van der Waals surface area (Å²) in [6, 6.07) is -1.33. The lowest BCUT2D eigenvalue weighted by Crippen LogP contribution is -2.39. The fourth-order valence-corrected chi connectivity index (χ4v) is 0.165. The second-order valence-electron chi connectivity index (χ2n) is 1.43. The van der Waals surface area contributed by atoms with Gasteiger partial charge < -0.3 is 15.9 Å². The molecule has 0 bridgehead atoms. The zero-order chi connectivity index (χ0) is 7.44. The number of aliphatic hydroxyl groups excluding tert-OH is 1. The summed E-state index contributed by atoms with van der Waals surface area (Å²) in [7, 11) is 0. The van der Waals surface area contributed by atoms with E-state index in [1.54, 1.807) is 0 Å². The second-order valence-corrected chi connectivity index (χ2v) is 1.43. The monoisotopic (exact) mass is 121 g/mol. The maximum atomic E-state index is 9.93. The van der Waals surface area contributed by atoms with Crippen molar-refractivity contribution in [2.45, 2.75) is 19.0 Å². The first-order chi connectivity index (χ1) is 4.09.